The van der Waals surface area contributed by atoms with Gasteiger partial charge in [-0.15, -0.1) is 0 Å². The van der Waals surface area contributed by atoms with Gasteiger partial charge in [0.15, 0.2) is 0 Å². The van der Waals surface area contributed by atoms with Crippen molar-refractivity contribution in [1.29, 1.82) is 0 Å². The molecule has 0 spiro atoms. The van der Waals surface area contributed by atoms with Crippen molar-refractivity contribution in [2.75, 3.05) is 0 Å². The van der Waals surface area contributed by atoms with Crippen LogP contribution in [-0.4, -0.2) is 15.8 Å². The molecule has 3 heteroatoms. The normalized spacial score (nSPS) is 11.6. The molecule has 80 valence electrons. The van der Waals surface area contributed by atoms with Crippen molar-refractivity contribution < 1.29 is 0 Å². The second-order valence-corrected chi connectivity index (χ2v) is 4.37. The summed E-state index contributed by atoms with van der Waals surface area (Å²) in [7, 11) is 2.01. The first-order chi connectivity index (χ1) is 6.50. The Morgan fingerprint density at radius 3 is 2.43 bits per heavy atom. The van der Waals surface area contributed by atoms with Crippen LogP contribution in [0.2, 0.25) is 0 Å². The standard InChI is InChI=1S/C11H21N3/c1-8(2)11-6-10(13-14(11)5)7-12-9(3)4/h6,8-9,12H,7H2,1-5H3. The van der Waals surface area contributed by atoms with Crippen LogP contribution < -0.4 is 5.32 Å². The molecule has 0 aromatic carbocycles. The van der Waals surface area contributed by atoms with Crippen LogP contribution in [0.1, 0.15) is 45.0 Å². The summed E-state index contributed by atoms with van der Waals surface area (Å²) in [5.41, 5.74) is 2.43. The third-order valence-corrected chi connectivity index (χ3v) is 2.25. The second-order valence-electron chi connectivity index (χ2n) is 4.37. The lowest BCUT2D eigenvalue weighted by atomic mass is 10.1. The summed E-state index contributed by atoms with van der Waals surface area (Å²) in [6, 6.07) is 2.69. The van der Waals surface area contributed by atoms with Crippen molar-refractivity contribution in [3.63, 3.8) is 0 Å². The maximum atomic E-state index is 4.46. The zero-order chi connectivity index (χ0) is 10.7. The molecule has 1 N–H and O–H groups in total. The van der Waals surface area contributed by atoms with Gasteiger partial charge in [0.25, 0.3) is 0 Å². The summed E-state index contributed by atoms with van der Waals surface area (Å²) in [6.45, 7) is 9.53. The van der Waals surface area contributed by atoms with Crippen molar-refractivity contribution >= 4 is 0 Å². The molecule has 0 fully saturated rings. The zero-order valence-corrected chi connectivity index (χ0v) is 9.83. The molecule has 0 unspecified atom stereocenters. The van der Waals surface area contributed by atoms with Gasteiger partial charge in [0, 0.05) is 25.3 Å². The second kappa shape index (κ2) is 4.60. The lowest BCUT2D eigenvalue weighted by molar-refractivity contribution is 0.572. The fraction of sp³-hybridized carbons (Fsp3) is 0.727. The van der Waals surface area contributed by atoms with Gasteiger partial charge < -0.3 is 5.32 Å². The van der Waals surface area contributed by atoms with E-state index in [-0.39, 0.29) is 0 Å². The first kappa shape index (κ1) is 11.2. The third kappa shape index (κ3) is 2.84. The largest absolute Gasteiger partial charge is 0.309 e. The molecule has 0 atom stereocenters. The average molecular weight is 195 g/mol. The topological polar surface area (TPSA) is 29.9 Å². The minimum atomic E-state index is 0.513. The van der Waals surface area contributed by atoms with E-state index < -0.39 is 0 Å². The molecule has 0 saturated carbocycles. The van der Waals surface area contributed by atoms with E-state index >= 15 is 0 Å². The highest BCUT2D eigenvalue weighted by Gasteiger charge is 2.08. The van der Waals surface area contributed by atoms with E-state index in [4.69, 9.17) is 0 Å². The smallest absolute Gasteiger partial charge is 0.0765 e. The Morgan fingerprint density at radius 2 is 2.00 bits per heavy atom. The Balaban J connectivity index is 2.66. The van der Waals surface area contributed by atoms with Gasteiger partial charge in [0.2, 0.25) is 0 Å². The molecule has 0 amide bonds. The highest BCUT2D eigenvalue weighted by molar-refractivity contribution is 5.13. The van der Waals surface area contributed by atoms with Gasteiger partial charge in [-0.05, 0) is 12.0 Å². The summed E-state index contributed by atoms with van der Waals surface area (Å²) >= 11 is 0. The first-order valence-corrected chi connectivity index (χ1v) is 5.27. The van der Waals surface area contributed by atoms with Gasteiger partial charge in [-0.1, -0.05) is 27.7 Å². The first-order valence-electron chi connectivity index (χ1n) is 5.27. The van der Waals surface area contributed by atoms with Gasteiger partial charge in [0.05, 0.1) is 5.69 Å². The summed E-state index contributed by atoms with van der Waals surface area (Å²) in [6.07, 6.45) is 0. The number of aromatic nitrogens is 2. The summed E-state index contributed by atoms with van der Waals surface area (Å²) in [5, 5.41) is 7.82. The summed E-state index contributed by atoms with van der Waals surface area (Å²) in [4.78, 5) is 0. The van der Waals surface area contributed by atoms with Crippen molar-refractivity contribution in [2.24, 2.45) is 7.05 Å². The average Bonchev–Trinajstić information content (AvgIpc) is 2.43. The van der Waals surface area contributed by atoms with E-state index in [0.717, 1.165) is 12.2 Å². The maximum Gasteiger partial charge on any atom is 0.0765 e. The SMILES string of the molecule is CC(C)NCc1cc(C(C)C)n(C)n1. The molecule has 0 aliphatic carbocycles. The predicted molar refractivity (Wildman–Crippen MR) is 59.3 cm³/mol. The van der Waals surface area contributed by atoms with Crippen molar-refractivity contribution in [3.8, 4) is 0 Å². The third-order valence-electron chi connectivity index (χ3n) is 2.25. The molecule has 1 aromatic rings. The lowest BCUT2D eigenvalue weighted by Gasteiger charge is -2.04. The highest BCUT2D eigenvalue weighted by atomic mass is 15.3. The Bertz CT molecular complexity index is 287. The van der Waals surface area contributed by atoms with Gasteiger partial charge in [-0.2, -0.15) is 5.10 Å². The minimum absolute atomic E-state index is 0.513. The van der Waals surface area contributed by atoms with Gasteiger partial charge in [0.1, 0.15) is 0 Å². The van der Waals surface area contributed by atoms with E-state index in [9.17, 15) is 0 Å². The van der Waals surface area contributed by atoms with E-state index in [1.807, 2.05) is 11.7 Å². The molecule has 0 aliphatic heterocycles. The molecule has 3 nitrogen and oxygen atoms in total. The number of hydrogen-bond acceptors (Lipinski definition) is 2. The minimum Gasteiger partial charge on any atom is -0.309 e. The van der Waals surface area contributed by atoms with Crippen molar-refractivity contribution in [2.45, 2.75) is 46.2 Å². The lowest BCUT2D eigenvalue weighted by Crippen LogP contribution is -2.22. The van der Waals surface area contributed by atoms with Crippen LogP contribution >= 0.6 is 0 Å². The zero-order valence-electron chi connectivity index (χ0n) is 9.83. The maximum absolute atomic E-state index is 4.46. The Morgan fingerprint density at radius 1 is 1.36 bits per heavy atom. The van der Waals surface area contributed by atoms with E-state index in [1.165, 1.54) is 5.69 Å². The van der Waals surface area contributed by atoms with Crippen LogP contribution in [0.3, 0.4) is 0 Å². The van der Waals surface area contributed by atoms with Crippen LogP contribution in [0.4, 0.5) is 0 Å². The molecular weight excluding hydrogens is 174 g/mol. The molecule has 1 rings (SSSR count). The van der Waals surface area contributed by atoms with E-state index in [1.54, 1.807) is 0 Å². The van der Waals surface area contributed by atoms with Crippen LogP contribution in [0.15, 0.2) is 6.07 Å². The molecule has 14 heavy (non-hydrogen) atoms. The fourth-order valence-corrected chi connectivity index (χ4v) is 1.48. The Hall–Kier alpha value is -0.830. The molecule has 1 heterocycles. The van der Waals surface area contributed by atoms with Crippen LogP contribution in [0.25, 0.3) is 0 Å². The Kier molecular flexibility index (Phi) is 3.69. The van der Waals surface area contributed by atoms with Gasteiger partial charge in [-0.3, -0.25) is 4.68 Å². The van der Waals surface area contributed by atoms with Gasteiger partial charge in [-0.25, -0.2) is 0 Å². The number of aryl methyl sites for hydroxylation is 1. The molecular formula is C11H21N3. The number of nitrogens with zero attached hydrogens (tertiary/aromatic N) is 2. The monoisotopic (exact) mass is 195 g/mol. The van der Waals surface area contributed by atoms with Crippen LogP contribution in [0.5, 0.6) is 0 Å². The number of nitrogens with one attached hydrogen (secondary N) is 1. The summed E-state index contributed by atoms with van der Waals surface area (Å²) in [5.74, 6) is 0.542. The highest BCUT2D eigenvalue weighted by Crippen LogP contribution is 2.14. The molecule has 0 aliphatic rings. The predicted octanol–water partition coefficient (Wildman–Crippen LogP) is 2.04. The van der Waals surface area contributed by atoms with Crippen LogP contribution in [-0.2, 0) is 13.6 Å². The molecule has 0 bridgehead atoms. The number of rotatable bonds is 4. The molecule has 0 radical (unpaired) electrons. The number of hydrogen-bond donors (Lipinski definition) is 1. The fourth-order valence-electron chi connectivity index (χ4n) is 1.48. The quantitative estimate of drug-likeness (QED) is 0.796. The van der Waals surface area contributed by atoms with Crippen molar-refractivity contribution in [3.05, 3.63) is 17.5 Å². The van der Waals surface area contributed by atoms with Crippen molar-refractivity contribution in [1.82, 2.24) is 15.1 Å². The molecule has 0 saturated heterocycles. The van der Waals surface area contributed by atoms with E-state index in [2.05, 4.69) is 44.2 Å². The van der Waals surface area contributed by atoms with Crippen LogP contribution in [0, 0.1) is 0 Å². The van der Waals surface area contributed by atoms with E-state index in [0.29, 0.717) is 12.0 Å². The molecule has 1 aromatic heterocycles. The van der Waals surface area contributed by atoms with Gasteiger partial charge >= 0.3 is 0 Å². The Labute approximate surface area is 86.5 Å². The summed E-state index contributed by atoms with van der Waals surface area (Å²) < 4.78 is 1.97.